The SMILES string of the molecule is COC1(CNc2cc3nc(C)sc3cc2N)CCOC1. The normalized spacial score (nSPS) is 22.5. The zero-order valence-corrected chi connectivity index (χ0v) is 12.5. The number of hydrogen-bond donors (Lipinski definition) is 2. The fourth-order valence-corrected chi connectivity index (χ4v) is 3.33. The number of nitrogens with one attached hydrogen (secondary N) is 1. The van der Waals surface area contributed by atoms with E-state index in [9.17, 15) is 0 Å². The number of thiazole rings is 1. The maximum atomic E-state index is 6.11. The van der Waals surface area contributed by atoms with Crippen molar-refractivity contribution in [2.75, 3.05) is 37.9 Å². The lowest BCUT2D eigenvalue weighted by Crippen LogP contribution is -2.39. The Hall–Kier alpha value is -1.37. The highest BCUT2D eigenvalue weighted by molar-refractivity contribution is 7.18. The second-order valence-electron chi connectivity index (χ2n) is 5.18. The molecule has 1 aliphatic rings. The van der Waals surface area contributed by atoms with Crippen LogP contribution in [0, 0.1) is 6.92 Å². The Balaban J connectivity index is 1.81. The summed E-state index contributed by atoms with van der Waals surface area (Å²) in [5, 5.41) is 4.43. The molecule has 1 saturated heterocycles. The molecule has 3 N–H and O–H groups in total. The molecular weight excluding hydrogens is 274 g/mol. The maximum absolute atomic E-state index is 6.11. The first kappa shape index (κ1) is 13.6. The third-order valence-corrected chi connectivity index (χ3v) is 4.70. The van der Waals surface area contributed by atoms with Gasteiger partial charge in [-0.05, 0) is 19.1 Å². The van der Waals surface area contributed by atoms with E-state index in [0.717, 1.165) is 39.6 Å². The fraction of sp³-hybridized carbons (Fsp3) is 0.500. The van der Waals surface area contributed by atoms with Crippen LogP contribution in [0.4, 0.5) is 11.4 Å². The monoisotopic (exact) mass is 293 g/mol. The number of rotatable bonds is 4. The molecule has 5 nitrogen and oxygen atoms in total. The van der Waals surface area contributed by atoms with Crippen LogP contribution in [-0.4, -0.2) is 37.5 Å². The molecular formula is C14H19N3O2S. The Kier molecular flexibility index (Phi) is 3.54. The van der Waals surface area contributed by atoms with Gasteiger partial charge in [0.1, 0.15) is 5.60 Å². The van der Waals surface area contributed by atoms with Crippen molar-refractivity contribution in [3.05, 3.63) is 17.1 Å². The number of fused-ring (bicyclic) bond motifs is 1. The molecule has 2 aromatic rings. The standard InChI is InChI=1S/C14H19N3O2S/c1-9-17-12-6-11(10(15)5-13(12)20-9)16-7-14(18-2)3-4-19-8-14/h5-6,16H,3-4,7-8,15H2,1-2H3. The zero-order chi connectivity index (χ0) is 14.2. The van der Waals surface area contributed by atoms with Gasteiger partial charge in [0.15, 0.2) is 0 Å². The number of anilines is 2. The van der Waals surface area contributed by atoms with Gasteiger partial charge in [-0.1, -0.05) is 0 Å². The molecule has 0 saturated carbocycles. The van der Waals surface area contributed by atoms with E-state index in [2.05, 4.69) is 10.3 Å². The highest BCUT2D eigenvalue weighted by Crippen LogP contribution is 2.31. The largest absolute Gasteiger partial charge is 0.397 e. The van der Waals surface area contributed by atoms with Crippen molar-refractivity contribution in [2.45, 2.75) is 18.9 Å². The lowest BCUT2D eigenvalue weighted by molar-refractivity contribution is -0.00618. The second kappa shape index (κ2) is 5.20. The smallest absolute Gasteiger partial charge is 0.110 e. The Bertz CT molecular complexity index is 620. The molecule has 1 fully saturated rings. The Morgan fingerprint density at radius 3 is 3.10 bits per heavy atom. The molecule has 2 heterocycles. The number of benzene rings is 1. The van der Waals surface area contributed by atoms with Gasteiger partial charge < -0.3 is 20.5 Å². The summed E-state index contributed by atoms with van der Waals surface area (Å²) in [6.07, 6.45) is 0.897. The quantitative estimate of drug-likeness (QED) is 0.847. The number of nitrogens with two attached hydrogens (primary N) is 1. The number of aryl methyl sites for hydroxylation is 1. The number of aromatic nitrogens is 1. The third-order valence-electron chi connectivity index (χ3n) is 3.77. The van der Waals surface area contributed by atoms with E-state index in [0.29, 0.717) is 13.2 Å². The van der Waals surface area contributed by atoms with Crippen LogP contribution in [-0.2, 0) is 9.47 Å². The van der Waals surface area contributed by atoms with E-state index in [-0.39, 0.29) is 5.60 Å². The molecule has 108 valence electrons. The Morgan fingerprint density at radius 1 is 1.55 bits per heavy atom. The van der Waals surface area contributed by atoms with Gasteiger partial charge in [-0.15, -0.1) is 11.3 Å². The van der Waals surface area contributed by atoms with Crippen molar-refractivity contribution in [1.82, 2.24) is 4.98 Å². The number of methoxy groups -OCH3 is 1. The van der Waals surface area contributed by atoms with E-state index in [4.69, 9.17) is 15.2 Å². The summed E-state index contributed by atoms with van der Waals surface area (Å²) in [5.41, 5.74) is 8.49. The maximum Gasteiger partial charge on any atom is 0.110 e. The molecule has 6 heteroatoms. The van der Waals surface area contributed by atoms with Gasteiger partial charge in [0, 0.05) is 26.7 Å². The zero-order valence-electron chi connectivity index (χ0n) is 11.7. The van der Waals surface area contributed by atoms with Crippen LogP contribution >= 0.6 is 11.3 Å². The Morgan fingerprint density at radius 2 is 2.40 bits per heavy atom. The van der Waals surface area contributed by atoms with E-state index in [1.54, 1.807) is 18.4 Å². The van der Waals surface area contributed by atoms with Crippen molar-refractivity contribution in [2.24, 2.45) is 0 Å². The fourth-order valence-electron chi connectivity index (χ4n) is 2.48. The van der Waals surface area contributed by atoms with E-state index in [1.165, 1.54) is 0 Å². The number of ether oxygens (including phenoxy) is 2. The van der Waals surface area contributed by atoms with Crippen molar-refractivity contribution in [3.8, 4) is 0 Å². The first-order valence-corrected chi connectivity index (χ1v) is 7.47. The van der Waals surface area contributed by atoms with Crippen molar-refractivity contribution in [3.63, 3.8) is 0 Å². The third kappa shape index (κ3) is 2.46. The first-order chi connectivity index (χ1) is 9.62. The van der Waals surface area contributed by atoms with Crippen LogP contribution in [0.1, 0.15) is 11.4 Å². The van der Waals surface area contributed by atoms with Crippen molar-refractivity contribution in [1.29, 1.82) is 0 Å². The average molecular weight is 293 g/mol. The summed E-state index contributed by atoms with van der Waals surface area (Å²) >= 11 is 1.66. The molecule has 1 aromatic carbocycles. The molecule has 0 amide bonds. The number of nitrogen functional groups attached to an aromatic ring is 1. The molecule has 3 rings (SSSR count). The van der Waals surface area contributed by atoms with Gasteiger partial charge in [0.05, 0.1) is 33.2 Å². The van der Waals surface area contributed by atoms with Gasteiger partial charge in [-0.3, -0.25) is 0 Å². The van der Waals surface area contributed by atoms with Crippen LogP contribution < -0.4 is 11.1 Å². The molecule has 0 radical (unpaired) electrons. The molecule has 0 spiro atoms. The molecule has 1 aliphatic heterocycles. The first-order valence-electron chi connectivity index (χ1n) is 6.65. The van der Waals surface area contributed by atoms with Gasteiger partial charge in [0.25, 0.3) is 0 Å². The lowest BCUT2D eigenvalue weighted by atomic mass is 10.0. The number of nitrogens with zero attached hydrogens (tertiary/aromatic N) is 1. The summed E-state index contributed by atoms with van der Waals surface area (Å²) in [5.74, 6) is 0. The predicted molar refractivity (Wildman–Crippen MR) is 82.4 cm³/mol. The Labute approximate surface area is 122 Å². The molecule has 20 heavy (non-hydrogen) atoms. The predicted octanol–water partition coefficient (Wildman–Crippen LogP) is 2.40. The van der Waals surface area contributed by atoms with E-state index in [1.807, 2.05) is 19.1 Å². The van der Waals surface area contributed by atoms with E-state index >= 15 is 0 Å². The van der Waals surface area contributed by atoms with Crippen molar-refractivity contribution >= 4 is 32.9 Å². The van der Waals surface area contributed by atoms with Crippen LogP contribution in [0.5, 0.6) is 0 Å². The minimum Gasteiger partial charge on any atom is -0.397 e. The van der Waals surface area contributed by atoms with Gasteiger partial charge in [0.2, 0.25) is 0 Å². The van der Waals surface area contributed by atoms with Crippen LogP contribution in [0.25, 0.3) is 10.2 Å². The molecule has 0 aliphatic carbocycles. The lowest BCUT2D eigenvalue weighted by Gasteiger charge is -2.26. The minimum absolute atomic E-state index is 0.251. The van der Waals surface area contributed by atoms with Crippen LogP contribution in [0.15, 0.2) is 12.1 Å². The molecule has 0 bridgehead atoms. The van der Waals surface area contributed by atoms with Gasteiger partial charge in [-0.25, -0.2) is 4.98 Å². The van der Waals surface area contributed by atoms with E-state index < -0.39 is 0 Å². The topological polar surface area (TPSA) is 69.4 Å². The van der Waals surface area contributed by atoms with Gasteiger partial charge >= 0.3 is 0 Å². The highest BCUT2D eigenvalue weighted by atomic mass is 32.1. The second-order valence-corrected chi connectivity index (χ2v) is 6.42. The number of hydrogen-bond acceptors (Lipinski definition) is 6. The average Bonchev–Trinajstić information content (AvgIpc) is 3.02. The summed E-state index contributed by atoms with van der Waals surface area (Å²) in [6, 6.07) is 3.99. The van der Waals surface area contributed by atoms with Gasteiger partial charge in [-0.2, -0.15) is 0 Å². The minimum atomic E-state index is -0.251. The summed E-state index contributed by atoms with van der Waals surface area (Å²) in [7, 11) is 1.73. The molecule has 1 atom stereocenters. The summed E-state index contributed by atoms with van der Waals surface area (Å²) < 4.78 is 12.2. The van der Waals surface area contributed by atoms with Crippen LogP contribution in [0.2, 0.25) is 0 Å². The van der Waals surface area contributed by atoms with Crippen molar-refractivity contribution < 1.29 is 9.47 Å². The summed E-state index contributed by atoms with van der Waals surface area (Å²) in [6.45, 7) is 4.05. The van der Waals surface area contributed by atoms with Crippen LogP contribution in [0.3, 0.4) is 0 Å². The summed E-state index contributed by atoms with van der Waals surface area (Å²) in [4.78, 5) is 4.50. The molecule has 1 aromatic heterocycles. The molecule has 1 unspecified atom stereocenters. The highest BCUT2D eigenvalue weighted by Gasteiger charge is 2.34.